The SMILES string of the molecule is C(CCNCCC1CNCCN1)CCC1CNCCN1. The van der Waals surface area contributed by atoms with Gasteiger partial charge in [-0.25, -0.2) is 0 Å². The van der Waals surface area contributed by atoms with E-state index in [0.717, 1.165) is 45.8 Å². The van der Waals surface area contributed by atoms with E-state index in [-0.39, 0.29) is 0 Å². The lowest BCUT2D eigenvalue weighted by molar-refractivity contribution is 0.382. The highest BCUT2D eigenvalue weighted by Crippen LogP contribution is 2.04. The molecular weight excluding hydrogens is 250 g/mol. The van der Waals surface area contributed by atoms with Crippen LogP contribution in [0.4, 0.5) is 0 Å². The summed E-state index contributed by atoms with van der Waals surface area (Å²) in [6, 6.07) is 1.38. The van der Waals surface area contributed by atoms with E-state index in [1.807, 2.05) is 0 Å². The molecule has 2 heterocycles. The number of hydrogen-bond donors (Lipinski definition) is 5. The quantitative estimate of drug-likeness (QED) is 0.375. The number of unbranched alkanes of at least 4 members (excludes halogenated alkanes) is 2. The Labute approximate surface area is 124 Å². The molecule has 2 rings (SSSR count). The Morgan fingerprint density at radius 1 is 0.700 bits per heavy atom. The number of piperazine rings is 2. The Hall–Kier alpha value is -0.200. The van der Waals surface area contributed by atoms with E-state index in [4.69, 9.17) is 0 Å². The molecule has 118 valence electrons. The first-order valence-corrected chi connectivity index (χ1v) is 8.54. The van der Waals surface area contributed by atoms with Gasteiger partial charge in [0.25, 0.3) is 0 Å². The molecule has 0 aromatic carbocycles. The molecule has 20 heavy (non-hydrogen) atoms. The summed E-state index contributed by atoms with van der Waals surface area (Å²) < 4.78 is 0. The van der Waals surface area contributed by atoms with Gasteiger partial charge in [-0.3, -0.25) is 0 Å². The molecule has 0 radical (unpaired) electrons. The van der Waals surface area contributed by atoms with Crippen LogP contribution in [0.3, 0.4) is 0 Å². The van der Waals surface area contributed by atoms with Crippen molar-refractivity contribution in [2.75, 3.05) is 52.4 Å². The van der Waals surface area contributed by atoms with E-state index >= 15 is 0 Å². The first-order chi connectivity index (χ1) is 9.95. The Morgan fingerprint density at radius 2 is 1.40 bits per heavy atom. The van der Waals surface area contributed by atoms with Crippen LogP contribution < -0.4 is 26.6 Å². The number of hydrogen-bond acceptors (Lipinski definition) is 5. The minimum atomic E-state index is 0.668. The molecule has 0 spiro atoms. The van der Waals surface area contributed by atoms with Gasteiger partial charge < -0.3 is 26.6 Å². The van der Waals surface area contributed by atoms with Crippen LogP contribution in [0.15, 0.2) is 0 Å². The average Bonchev–Trinajstić information content (AvgIpc) is 2.52. The van der Waals surface area contributed by atoms with Crippen molar-refractivity contribution in [1.29, 1.82) is 0 Å². The Kier molecular flexibility index (Phi) is 8.50. The van der Waals surface area contributed by atoms with Crippen molar-refractivity contribution in [3.05, 3.63) is 0 Å². The van der Waals surface area contributed by atoms with Crippen molar-refractivity contribution >= 4 is 0 Å². The highest BCUT2D eigenvalue weighted by molar-refractivity contribution is 4.76. The molecular formula is C15H33N5. The van der Waals surface area contributed by atoms with Gasteiger partial charge in [0, 0.05) is 51.4 Å². The number of rotatable bonds is 9. The summed E-state index contributed by atoms with van der Waals surface area (Å²) in [5, 5.41) is 17.6. The third-order valence-corrected chi connectivity index (χ3v) is 4.33. The van der Waals surface area contributed by atoms with E-state index in [9.17, 15) is 0 Å². The summed E-state index contributed by atoms with van der Waals surface area (Å²) in [6.07, 6.45) is 6.59. The zero-order valence-electron chi connectivity index (χ0n) is 12.8. The lowest BCUT2D eigenvalue weighted by atomic mass is 10.1. The summed E-state index contributed by atoms with van der Waals surface area (Å²) in [5.41, 5.74) is 0. The maximum absolute atomic E-state index is 3.58. The zero-order valence-corrected chi connectivity index (χ0v) is 12.8. The van der Waals surface area contributed by atoms with Crippen molar-refractivity contribution in [1.82, 2.24) is 26.6 Å². The van der Waals surface area contributed by atoms with Gasteiger partial charge in [-0.1, -0.05) is 12.8 Å². The van der Waals surface area contributed by atoms with E-state index in [1.165, 1.54) is 38.6 Å². The molecule has 2 aliphatic rings. The zero-order chi connectivity index (χ0) is 13.9. The van der Waals surface area contributed by atoms with Gasteiger partial charge in [0.2, 0.25) is 0 Å². The van der Waals surface area contributed by atoms with Crippen molar-refractivity contribution in [2.45, 2.75) is 44.2 Å². The molecule has 2 saturated heterocycles. The first-order valence-electron chi connectivity index (χ1n) is 8.54. The molecule has 2 atom stereocenters. The fraction of sp³-hybridized carbons (Fsp3) is 1.00. The average molecular weight is 283 g/mol. The molecule has 2 aliphatic heterocycles. The molecule has 2 unspecified atom stereocenters. The molecule has 0 aromatic rings. The monoisotopic (exact) mass is 283 g/mol. The fourth-order valence-corrected chi connectivity index (χ4v) is 3.05. The highest BCUT2D eigenvalue weighted by atomic mass is 15.1. The summed E-state index contributed by atoms with van der Waals surface area (Å²) in [5.74, 6) is 0. The third kappa shape index (κ3) is 6.99. The molecule has 5 N–H and O–H groups in total. The van der Waals surface area contributed by atoms with Crippen molar-refractivity contribution in [3.8, 4) is 0 Å². The van der Waals surface area contributed by atoms with Gasteiger partial charge in [0.1, 0.15) is 0 Å². The molecule has 0 aliphatic carbocycles. The summed E-state index contributed by atoms with van der Waals surface area (Å²) in [6.45, 7) is 9.11. The van der Waals surface area contributed by atoms with E-state index in [2.05, 4.69) is 26.6 Å². The molecule has 2 fully saturated rings. The maximum Gasteiger partial charge on any atom is 0.0205 e. The van der Waals surface area contributed by atoms with Crippen LogP contribution in [0, 0.1) is 0 Å². The molecule has 5 nitrogen and oxygen atoms in total. The van der Waals surface area contributed by atoms with Gasteiger partial charge in [0.15, 0.2) is 0 Å². The second kappa shape index (κ2) is 10.5. The van der Waals surface area contributed by atoms with Crippen LogP contribution in [-0.2, 0) is 0 Å². The Balaban J connectivity index is 1.33. The largest absolute Gasteiger partial charge is 0.317 e. The van der Waals surface area contributed by atoms with Crippen molar-refractivity contribution < 1.29 is 0 Å². The van der Waals surface area contributed by atoms with Gasteiger partial charge in [-0.2, -0.15) is 0 Å². The van der Waals surface area contributed by atoms with Crippen LogP contribution in [0.1, 0.15) is 32.1 Å². The van der Waals surface area contributed by atoms with Gasteiger partial charge in [-0.05, 0) is 32.4 Å². The molecule has 0 saturated carbocycles. The maximum atomic E-state index is 3.58. The van der Waals surface area contributed by atoms with Gasteiger partial charge in [0.05, 0.1) is 0 Å². The molecule has 0 bridgehead atoms. The lowest BCUT2D eigenvalue weighted by Crippen LogP contribution is -2.49. The van der Waals surface area contributed by atoms with Crippen LogP contribution >= 0.6 is 0 Å². The van der Waals surface area contributed by atoms with Crippen LogP contribution in [-0.4, -0.2) is 64.4 Å². The van der Waals surface area contributed by atoms with Crippen molar-refractivity contribution in [3.63, 3.8) is 0 Å². The highest BCUT2D eigenvalue weighted by Gasteiger charge is 2.11. The molecule has 0 amide bonds. The number of nitrogens with one attached hydrogen (secondary N) is 5. The van der Waals surface area contributed by atoms with Crippen LogP contribution in [0.2, 0.25) is 0 Å². The van der Waals surface area contributed by atoms with E-state index < -0.39 is 0 Å². The van der Waals surface area contributed by atoms with Gasteiger partial charge in [-0.15, -0.1) is 0 Å². The minimum Gasteiger partial charge on any atom is -0.317 e. The standard InChI is InChI=1S/C15H33N5/c1(2-4-14-12-17-8-10-19-14)3-6-16-7-5-15-13-18-9-11-20-15/h14-20H,1-13H2. The smallest absolute Gasteiger partial charge is 0.0205 e. The second-order valence-electron chi connectivity index (χ2n) is 6.10. The fourth-order valence-electron chi connectivity index (χ4n) is 3.05. The normalized spacial score (nSPS) is 27.6. The van der Waals surface area contributed by atoms with Crippen LogP contribution in [0.25, 0.3) is 0 Å². The Bertz CT molecular complexity index is 200. The van der Waals surface area contributed by atoms with Crippen molar-refractivity contribution in [2.24, 2.45) is 0 Å². The topological polar surface area (TPSA) is 60.1 Å². The Morgan fingerprint density at radius 3 is 2.05 bits per heavy atom. The predicted octanol–water partition coefficient (Wildman–Crippen LogP) is -0.351. The second-order valence-corrected chi connectivity index (χ2v) is 6.10. The first kappa shape index (κ1) is 16.2. The summed E-state index contributed by atoms with van der Waals surface area (Å²) >= 11 is 0. The predicted molar refractivity (Wildman–Crippen MR) is 85.3 cm³/mol. The van der Waals surface area contributed by atoms with E-state index in [1.54, 1.807) is 0 Å². The lowest BCUT2D eigenvalue weighted by Gasteiger charge is -2.24. The molecule has 5 heteroatoms. The van der Waals surface area contributed by atoms with E-state index in [0.29, 0.717) is 12.1 Å². The molecule has 0 aromatic heterocycles. The minimum absolute atomic E-state index is 0.668. The van der Waals surface area contributed by atoms with Gasteiger partial charge >= 0.3 is 0 Å². The summed E-state index contributed by atoms with van der Waals surface area (Å²) in [4.78, 5) is 0. The van der Waals surface area contributed by atoms with Crippen LogP contribution in [0.5, 0.6) is 0 Å². The third-order valence-electron chi connectivity index (χ3n) is 4.33. The summed E-state index contributed by atoms with van der Waals surface area (Å²) in [7, 11) is 0.